The molecule has 0 radical (unpaired) electrons. The smallest absolute Gasteiger partial charge is 0.407 e. The molecule has 0 bridgehead atoms. The second-order valence-corrected chi connectivity index (χ2v) is 9.18. The number of methoxy groups -OCH3 is 1. The van der Waals surface area contributed by atoms with Gasteiger partial charge in [-0.2, -0.15) is 0 Å². The minimum absolute atomic E-state index is 0.288. The van der Waals surface area contributed by atoms with Gasteiger partial charge in [0, 0.05) is 30.4 Å². The summed E-state index contributed by atoms with van der Waals surface area (Å²) in [7, 11) is 1.64. The number of amides is 1. The van der Waals surface area contributed by atoms with Crippen molar-refractivity contribution in [1.29, 1.82) is 0 Å². The molecule has 0 saturated carbocycles. The van der Waals surface area contributed by atoms with Crippen LogP contribution < -0.4 is 9.64 Å². The maximum atomic E-state index is 11.5. The van der Waals surface area contributed by atoms with E-state index in [1.807, 2.05) is 24.4 Å². The van der Waals surface area contributed by atoms with E-state index in [0.29, 0.717) is 44.1 Å². The molecule has 1 aromatic carbocycles. The summed E-state index contributed by atoms with van der Waals surface area (Å²) >= 11 is 0. The number of carbonyl (C=O) groups is 1. The number of fused-ring (bicyclic) bond motifs is 1. The van der Waals surface area contributed by atoms with Gasteiger partial charge in [0.25, 0.3) is 0 Å². The number of imidazole rings is 1. The standard InChI is InChI=1S/C25H31N5O4/c1-16-7-8-17(2)30(16)22-10-9-18(13-26-22)24-27-20-5-4-6-21(33-3)23(20)29(24)15-19-14-28(25(31)32)11-12-34-19/h4-6,9-10,13,16-17,19H,7-8,11-12,14-15H2,1-3H3,(H,31,32)/t16-,17-,19-/m0/s1. The number of aromatic nitrogens is 3. The molecule has 9 nitrogen and oxygen atoms in total. The van der Waals surface area contributed by atoms with Crippen molar-refractivity contribution < 1.29 is 19.4 Å². The Hall–Kier alpha value is -3.33. The zero-order valence-corrected chi connectivity index (χ0v) is 19.8. The van der Waals surface area contributed by atoms with Crippen molar-refractivity contribution in [3.05, 3.63) is 36.5 Å². The lowest BCUT2D eigenvalue weighted by atomic mass is 10.2. The van der Waals surface area contributed by atoms with Crippen LogP contribution in [0.2, 0.25) is 0 Å². The van der Waals surface area contributed by atoms with E-state index in [-0.39, 0.29) is 6.10 Å². The first-order valence-corrected chi connectivity index (χ1v) is 11.8. The third-order valence-corrected chi connectivity index (χ3v) is 6.97. The van der Waals surface area contributed by atoms with Crippen molar-refractivity contribution in [2.24, 2.45) is 0 Å². The second kappa shape index (κ2) is 9.13. The van der Waals surface area contributed by atoms with E-state index in [9.17, 15) is 9.90 Å². The Bertz CT molecular complexity index is 1170. The molecule has 3 aromatic rings. The molecule has 0 aliphatic carbocycles. The first-order chi connectivity index (χ1) is 16.5. The third-order valence-electron chi connectivity index (χ3n) is 6.97. The highest BCUT2D eigenvalue weighted by Crippen LogP contribution is 2.33. The zero-order chi connectivity index (χ0) is 23.8. The Morgan fingerprint density at radius 3 is 2.68 bits per heavy atom. The Morgan fingerprint density at radius 2 is 2.00 bits per heavy atom. The van der Waals surface area contributed by atoms with E-state index in [4.69, 9.17) is 19.4 Å². The highest BCUT2D eigenvalue weighted by atomic mass is 16.5. The molecule has 9 heteroatoms. The van der Waals surface area contributed by atoms with Gasteiger partial charge in [-0.1, -0.05) is 6.07 Å². The van der Waals surface area contributed by atoms with Gasteiger partial charge in [-0.15, -0.1) is 0 Å². The van der Waals surface area contributed by atoms with Crippen LogP contribution >= 0.6 is 0 Å². The predicted octanol–water partition coefficient (Wildman–Crippen LogP) is 3.86. The van der Waals surface area contributed by atoms with Crippen LogP contribution in [0.1, 0.15) is 26.7 Å². The van der Waals surface area contributed by atoms with Gasteiger partial charge in [-0.25, -0.2) is 14.8 Å². The first-order valence-electron chi connectivity index (χ1n) is 11.8. The fourth-order valence-electron chi connectivity index (χ4n) is 5.24. The summed E-state index contributed by atoms with van der Waals surface area (Å²) in [5, 5.41) is 9.44. The highest BCUT2D eigenvalue weighted by Gasteiger charge is 2.29. The molecule has 5 rings (SSSR count). The van der Waals surface area contributed by atoms with Crippen LogP contribution in [-0.2, 0) is 11.3 Å². The molecule has 2 saturated heterocycles. The predicted molar refractivity (Wildman–Crippen MR) is 129 cm³/mol. The topological polar surface area (TPSA) is 93.0 Å². The first kappa shape index (κ1) is 22.5. The average molecular weight is 466 g/mol. The van der Waals surface area contributed by atoms with Crippen LogP contribution in [0.4, 0.5) is 10.6 Å². The summed E-state index contributed by atoms with van der Waals surface area (Å²) in [6, 6.07) is 10.9. The molecule has 0 spiro atoms. The lowest BCUT2D eigenvalue weighted by Crippen LogP contribution is -2.46. The van der Waals surface area contributed by atoms with Gasteiger partial charge in [0.15, 0.2) is 0 Å². The summed E-state index contributed by atoms with van der Waals surface area (Å²) in [5.41, 5.74) is 2.57. The van der Waals surface area contributed by atoms with Crippen molar-refractivity contribution >= 4 is 22.9 Å². The van der Waals surface area contributed by atoms with E-state index in [1.165, 1.54) is 17.7 Å². The Labute approximate surface area is 198 Å². The number of anilines is 1. The molecule has 1 amide bonds. The fourth-order valence-corrected chi connectivity index (χ4v) is 5.24. The largest absolute Gasteiger partial charge is 0.494 e. The molecular weight excluding hydrogens is 434 g/mol. The third kappa shape index (κ3) is 4.04. The number of ether oxygens (including phenoxy) is 2. The van der Waals surface area contributed by atoms with Crippen LogP contribution in [-0.4, -0.2) is 75.6 Å². The number of rotatable bonds is 5. The van der Waals surface area contributed by atoms with E-state index < -0.39 is 6.09 Å². The van der Waals surface area contributed by atoms with Crippen LogP contribution in [0.15, 0.2) is 36.5 Å². The second-order valence-electron chi connectivity index (χ2n) is 9.18. The van der Waals surface area contributed by atoms with Gasteiger partial charge in [0.05, 0.1) is 38.4 Å². The van der Waals surface area contributed by atoms with Crippen molar-refractivity contribution in [3.8, 4) is 17.1 Å². The number of morpholine rings is 1. The summed E-state index contributed by atoms with van der Waals surface area (Å²) in [6.07, 6.45) is 3.02. The van der Waals surface area contributed by atoms with Gasteiger partial charge in [0.1, 0.15) is 22.9 Å². The van der Waals surface area contributed by atoms with Crippen LogP contribution in [0.25, 0.3) is 22.4 Å². The van der Waals surface area contributed by atoms with Crippen LogP contribution in [0.5, 0.6) is 5.75 Å². The molecule has 1 N–H and O–H groups in total. The van der Waals surface area contributed by atoms with Crippen molar-refractivity contribution in [1.82, 2.24) is 19.4 Å². The van der Waals surface area contributed by atoms with Crippen molar-refractivity contribution in [3.63, 3.8) is 0 Å². The van der Waals surface area contributed by atoms with Crippen LogP contribution in [0, 0.1) is 0 Å². The molecule has 2 fully saturated rings. The number of hydrogen-bond acceptors (Lipinski definition) is 6. The number of benzene rings is 1. The normalized spacial score (nSPS) is 23.0. The average Bonchev–Trinajstić information content (AvgIpc) is 3.38. The maximum absolute atomic E-state index is 11.5. The zero-order valence-electron chi connectivity index (χ0n) is 19.8. The summed E-state index contributed by atoms with van der Waals surface area (Å²) in [4.78, 5) is 25.0. The van der Waals surface area contributed by atoms with E-state index >= 15 is 0 Å². The maximum Gasteiger partial charge on any atom is 0.407 e. The summed E-state index contributed by atoms with van der Waals surface area (Å²) in [5.74, 6) is 2.46. The quantitative estimate of drug-likeness (QED) is 0.612. The number of carboxylic acid groups (broad SMARTS) is 1. The molecular formula is C25H31N5O4. The molecule has 34 heavy (non-hydrogen) atoms. The van der Waals surface area contributed by atoms with Gasteiger partial charge in [0.2, 0.25) is 0 Å². The van der Waals surface area contributed by atoms with E-state index in [1.54, 1.807) is 7.11 Å². The summed E-state index contributed by atoms with van der Waals surface area (Å²) < 4.78 is 13.7. The molecule has 180 valence electrons. The highest BCUT2D eigenvalue weighted by molar-refractivity contribution is 5.86. The fraction of sp³-hybridized carbons (Fsp3) is 0.480. The SMILES string of the molecule is COc1cccc2nc(-c3ccc(N4[C@@H](C)CC[C@@H]4C)nc3)n(C[C@@H]3CN(C(=O)O)CCO3)c12. The van der Waals surface area contributed by atoms with Crippen LogP contribution in [0.3, 0.4) is 0 Å². The van der Waals surface area contributed by atoms with Crippen molar-refractivity contribution in [2.45, 2.75) is 51.4 Å². The molecule has 2 aromatic heterocycles. The molecule has 3 atom stereocenters. The minimum atomic E-state index is -0.924. The summed E-state index contributed by atoms with van der Waals surface area (Å²) in [6.45, 7) is 6.01. The van der Waals surface area contributed by atoms with Crippen molar-refractivity contribution in [2.75, 3.05) is 31.7 Å². The van der Waals surface area contributed by atoms with E-state index in [2.05, 4.69) is 35.4 Å². The molecule has 0 unspecified atom stereocenters. The number of nitrogens with zero attached hydrogens (tertiary/aromatic N) is 5. The number of pyridine rings is 1. The monoisotopic (exact) mass is 465 g/mol. The number of hydrogen-bond donors (Lipinski definition) is 1. The molecule has 2 aliphatic rings. The van der Waals surface area contributed by atoms with Gasteiger partial charge in [-0.05, 0) is 51.0 Å². The van der Waals surface area contributed by atoms with E-state index in [0.717, 1.165) is 28.2 Å². The Balaban J connectivity index is 1.53. The Morgan fingerprint density at radius 1 is 1.21 bits per heavy atom. The lowest BCUT2D eigenvalue weighted by Gasteiger charge is -2.31. The molecule has 4 heterocycles. The van der Waals surface area contributed by atoms with Gasteiger partial charge in [-0.3, -0.25) is 0 Å². The van der Waals surface area contributed by atoms with Gasteiger partial charge < -0.3 is 28.9 Å². The van der Waals surface area contributed by atoms with Gasteiger partial charge >= 0.3 is 6.09 Å². The minimum Gasteiger partial charge on any atom is -0.494 e. The lowest BCUT2D eigenvalue weighted by molar-refractivity contribution is -0.0286. The molecule has 2 aliphatic heterocycles. The Kier molecular flexibility index (Phi) is 6.03. The number of para-hydroxylation sites is 1.